The van der Waals surface area contributed by atoms with E-state index < -0.39 is 0 Å². The first-order chi connectivity index (χ1) is 13.6. The van der Waals surface area contributed by atoms with E-state index in [1.165, 1.54) is 5.56 Å². The topological polar surface area (TPSA) is 69.2 Å². The van der Waals surface area contributed by atoms with Gasteiger partial charge in [-0.25, -0.2) is 0 Å². The summed E-state index contributed by atoms with van der Waals surface area (Å²) in [6.07, 6.45) is 0. The molecule has 0 aliphatic carbocycles. The Balaban J connectivity index is 1.35. The molecule has 0 saturated carbocycles. The second-order valence-corrected chi connectivity index (χ2v) is 7.32. The first-order valence-electron chi connectivity index (χ1n) is 9.19. The number of nitriles is 1. The normalized spacial score (nSPS) is 14.8. The maximum atomic E-state index is 9.01. The van der Waals surface area contributed by atoms with Gasteiger partial charge < -0.3 is 9.42 Å². The monoisotopic (exact) mass is 393 g/mol. The van der Waals surface area contributed by atoms with E-state index in [9.17, 15) is 0 Å². The van der Waals surface area contributed by atoms with Crippen molar-refractivity contribution in [1.29, 1.82) is 5.26 Å². The van der Waals surface area contributed by atoms with Gasteiger partial charge in [0.05, 0.1) is 17.1 Å². The number of piperazine rings is 1. The zero-order chi connectivity index (χ0) is 19.5. The van der Waals surface area contributed by atoms with Crippen molar-refractivity contribution in [2.24, 2.45) is 0 Å². The van der Waals surface area contributed by atoms with Gasteiger partial charge in [-0.05, 0) is 25.1 Å². The van der Waals surface area contributed by atoms with Gasteiger partial charge in [-0.15, -0.1) is 0 Å². The maximum absolute atomic E-state index is 9.01. The van der Waals surface area contributed by atoms with E-state index in [2.05, 4.69) is 32.9 Å². The summed E-state index contributed by atoms with van der Waals surface area (Å²) in [5.41, 5.74) is 3.71. The summed E-state index contributed by atoms with van der Waals surface area (Å²) in [4.78, 5) is 9.10. The van der Waals surface area contributed by atoms with E-state index in [0.717, 1.165) is 37.4 Å². The van der Waals surface area contributed by atoms with E-state index in [-0.39, 0.29) is 0 Å². The van der Waals surface area contributed by atoms with Crippen molar-refractivity contribution >= 4 is 17.3 Å². The maximum Gasteiger partial charge on any atom is 0.241 e. The van der Waals surface area contributed by atoms with Crippen molar-refractivity contribution in [3.8, 4) is 17.5 Å². The average Bonchev–Trinajstić information content (AvgIpc) is 3.17. The molecule has 0 radical (unpaired) electrons. The van der Waals surface area contributed by atoms with E-state index >= 15 is 0 Å². The Hall–Kier alpha value is -2.88. The van der Waals surface area contributed by atoms with Gasteiger partial charge in [-0.2, -0.15) is 10.2 Å². The van der Waals surface area contributed by atoms with Crippen molar-refractivity contribution in [3.63, 3.8) is 0 Å². The third kappa shape index (κ3) is 4.01. The molecule has 0 bridgehead atoms. The van der Waals surface area contributed by atoms with Crippen LogP contribution in [0, 0.1) is 18.3 Å². The molecule has 142 valence electrons. The lowest BCUT2D eigenvalue weighted by molar-refractivity contribution is 0.215. The van der Waals surface area contributed by atoms with Gasteiger partial charge in [0.1, 0.15) is 6.07 Å². The highest BCUT2D eigenvalue weighted by atomic mass is 35.5. The van der Waals surface area contributed by atoms with Crippen LogP contribution in [0.5, 0.6) is 0 Å². The number of anilines is 1. The first kappa shape index (κ1) is 18.5. The Bertz CT molecular complexity index is 1000. The van der Waals surface area contributed by atoms with Crippen LogP contribution < -0.4 is 4.90 Å². The molecule has 4 rings (SSSR count). The molecule has 3 aromatic rings. The van der Waals surface area contributed by atoms with Crippen molar-refractivity contribution in [3.05, 3.63) is 64.5 Å². The standard InChI is InChI=1S/C21H20ClN5O/c1-15-2-4-16(5-3-15)21-24-20(28-25-21)14-26-8-10-27(11-9-26)18-7-6-17(13-23)19(22)12-18/h2-7,12H,8-11,14H2,1H3. The smallest absolute Gasteiger partial charge is 0.241 e. The minimum absolute atomic E-state index is 0.497. The Morgan fingerprint density at radius 2 is 1.86 bits per heavy atom. The van der Waals surface area contributed by atoms with Gasteiger partial charge in [0.2, 0.25) is 11.7 Å². The first-order valence-corrected chi connectivity index (χ1v) is 9.57. The third-order valence-corrected chi connectivity index (χ3v) is 5.26. The number of hydrogen-bond donors (Lipinski definition) is 0. The fourth-order valence-corrected chi connectivity index (χ4v) is 3.50. The molecule has 2 aromatic carbocycles. The van der Waals surface area contributed by atoms with Crippen molar-refractivity contribution in [2.75, 3.05) is 31.1 Å². The van der Waals surface area contributed by atoms with Gasteiger partial charge in [-0.3, -0.25) is 4.90 Å². The largest absolute Gasteiger partial charge is 0.369 e. The van der Waals surface area contributed by atoms with Crippen molar-refractivity contribution < 1.29 is 4.52 Å². The lowest BCUT2D eigenvalue weighted by Gasteiger charge is -2.35. The second kappa shape index (κ2) is 8.01. The summed E-state index contributed by atoms with van der Waals surface area (Å²) < 4.78 is 5.44. The summed E-state index contributed by atoms with van der Waals surface area (Å²) in [6, 6.07) is 15.8. The summed E-state index contributed by atoms with van der Waals surface area (Å²) in [5, 5.41) is 13.6. The number of aryl methyl sites for hydroxylation is 1. The Morgan fingerprint density at radius 1 is 1.11 bits per heavy atom. The van der Waals surface area contributed by atoms with Gasteiger partial charge in [-0.1, -0.05) is 46.6 Å². The molecule has 0 amide bonds. The van der Waals surface area contributed by atoms with E-state index in [1.807, 2.05) is 36.4 Å². The molecule has 1 saturated heterocycles. The Morgan fingerprint density at radius 3 is 2.54 bits per heavy atom. The van der Waals surface area contributed by atoms with Crippen molar-refractivity contribution in [2.45, 2.75) is 13.5 Å². The molecule has 1 fully saturated rings. The van der Waals surface area contributed by atoms with Crippen LogP contribution in [0.25, 0.3) is 11.4 Å². The Kier molecular flexibility index (Phi) is 5.29. The van der Waals surface area contributed by atoms with Crippen LogP contribution >= 0.6 is 11.6 Å². The molecule has 7 heteroatoms. The van der Waals surface area contributed by atoms with Gasteiger partial charge in [0.15, 0.2) is 0 Å². The van der Waals surface area contributed by atoms with Crippen LogP contribution in [-0.2, 0) is 6.54 Å². The number of aromatic nitrogens is 2. The van der Waals surface area contributed by atoms with Crippen LogP contribution in [-0.4, -0.2) is 41.2 Å². The van der Waals surface area contributed by atoms with Crippen molar-refractivity contribution in [1.82, 2.24) is 15.0 Å². The molecule has 6 nitrogen and oxygen atoms in total. The fraction of sp³-hybridized carbons (Fsp3) is 0.286. The summed E-state index contributed by atoms with van der Waals surface area (Å²) in [5.74, 6) is 1.26. The quantitative estimate of drug-likeness (QED) is 0.669. The molecule has 1 aliphatic rings. The molecule has 1 aromatic heterocycles. The average molecular weight is 394 g/mol. The zero-order valence-corrected chi connectivity index (χ0v) is 16.4. The van der Waals surface area contributed by atoms with Crippen LogP contribution in [0.3, 0.4) is 0 Å². The van der Waals surface area contributed by atoms with E-state index in [1.54, 1.807) is 6.07 Å². The molecule has 0 spiro atoms. The van der Waals surface area contributed by atoms with Crippen LogP contribution in [0.2, 0.25) is 5.02 Å². The van der Waals surface area contributed by atoms with Gasteiger partial charge >= 0.3 is 0 Å². The number of rotatable bonds is 4. The molecule has 0 unspecified atom stereocenters. The van der Waals surface area contributed by atoms with Crippen LogP contribution in [0.4, 0.5) is 5.69 Å². The minimum atomic E-state index is 0.497. The molecular formula is C21H20ClN5O. The van der Waals surface area contributed by atoms with Crippen LogP contribution in [0.1, 0.15) is 17.0 Å². The predicted molar refractivity (Wildman–Crippen MR) is 108 cm³/mol. The van der Waals surface area contributed by atoms with E-state index in [4.69, 9.17) is 21.4 Å². The molecule has 28 heavy (non-hydrogen) atoms. The zero-order valence-electron chi connectivity index (χ0n) is 15.6. The fourth-order valence-electron chi connectivity index (χ4n) is 3.29. The molecule has 2 heterocycles. The summed E-state index contributed by atoms with van der Waals surface area (Å²) >= 11 is 6.16. The summed E-state index contributed by atoms with van der Waals surface area (Å²) in [7, 11) is 0. The number of nitrogens with zero attached hydrogens (tertiary/aromatic N) is 5. The molecule has 0 atom stereocenters. The highest BCUT2D eigenvalue weighted by Crippen LogP contribution is 2.24. The number of halogens is 1. The number of hydrogen-bond acceptors (Lipinski definition) is 6. The second-order valence-electron chi connectivity index (χ2n) is 6.92. The van der Waals surface area contributed by atoms with Gasteiger partial charge in [0.25, 0.3) is 0 Å². The molecular weight excluding hydrogens is 374 g/mol. The molecule has 1 aliphatic heterocycles. The Labute approximate surface area is 168 Å². The number of benzene rings is 2. The lowest BCUT2D eigenvalue weighted by atomic mass is 10.1. The van der Waals surface area contributed by atoms with Crippen LogP contribution in [0.15, 0.2) is 47.0 Å². The predicted octanol–water partition coefficient (Wildman–Crippen LogP) is 3.89. The highest BCUT2D eigenvalue weighted by Gasteiger charge is 2.20. The molecule has 0 N–H and O–H groups in total. The van der Waals surface area contributed by atoms with E-state index in [0.29, 0.717) is 28.8 Å². The summed E-state index contributed by atoms with van der Waals surface area (Å²) in [6.45, 7) is 6.22. The SMILES string of the molecule is Cc1ccc(-c2noc(CN3CCN(c4ccc(C#N)c(Cl)c4)CC3)n2)cc1. The van der Waals surface area contributed by atoms with Gasteiger partial charge in [0, 0.05) is 37.4 Å². The highest BCUT2D eigenvalue weighted by molar-refractivity contribution is 6.32. The minimum Gasteiger partial charge on any atom is -0.369 e. The third-order valence-electron chi connectivity index (χ3n) is 4.95. The lowest BCUT2D eigenvalue weighted by Crippen LogP contribution is -2.46.